The van der Waals surface area contributed by atoms with E-state index < -0.39 is 0 Å². The van der Waals surface area contributed by atoms with Crippen LogP contribution in [0.1, 0.15) is 51.2 Å². The molecule has 1 fully saturated rings. The molecule has 2 amide bonds. The number of carbonyl (C=O) groups is 2. The lowest BCUT2D eigenvalue weighted by Crippen LogP contribution is -2.43. The second-order valence-electron chi connectivity index (χ2n) is 8.44. The van der Waals surface area contributed by atoms with Gasteiger partial charge in [-0.3, -0.25) is 9.59 Å². The molecule has 1 atom stereocenters. The molecular formula is C21H32N2O3. The second-order valence-corrected chi connectivity index (χ2v) is 8.44. The molecule has 0 saturated carbocycles. The van der Waals surface area contributed by atoms with Crippen LogP contribution in [0.4, 0.5) is 5.69 Å². The number of hydrogen-bond acceptors (Lipinski definition) is 3. The van der Waals surface area contributed by atoms with Crippen molar-refractivity contribution in [1.82, 2.24) is 4.90 Å². The Morgan fingerprint density at radius 1 is 1.27 bits per heavy atom. The van der Waals surface area contributed by atoms with E-state index in [9.17, 15) is 9.59 Å². The second kappa shape index (κ2) is 8.67. The van der Waals surface area contributed by atoms with Crippen molar-refractivity contribution >= 4 is 17.5 Å². The molecule has 144 valence electrons. The van der Waals surface area contributed by atoms with E-state index in [1.54, 1.807) is 4.90 Å². The largest absolute Gasteiger partial charge is 0.376 e. The van der Waals surface area contributed by atoms with Gasteiger partial charge in [0.25, 0.3) is 0 Å². The number of carbonyl (C=O) groups excluding carboxylic acids is 2. The van der Waals surface area contributed by atoms with Crippen molar-refractivity contribution in [3.05, 3.63) is 29.3 Å². The molecule has 1 heterocycles. The first-order valence-corrected chi connectivity index (χ1v) is 9.41. The van der Waals surface area contributed by atoms with Gasteiger partial charge >= 0.3 is 0 Å². The van der Waals surface area contributed by atoms with Crippen molar-refractivity contribution in [2.24, 2.45) is 5.41 Å². The maximum atomic E-state index is 12.7. The standard InChI is InChI=1S/C21H32N2O3/c1-15-8-6-10-18(16(15)2)22-19(24)14-23(13-17-9-7-11-26-17)20(25)12-21(3,4)5/h6,8,10,17H,7,9,11-14H2,1-5H3,(H,22,24). The third kappa shape index (κ3) is 6.13. The lowest BCUT2D eigenvalue weighted by Gasteiger charge is -2.28. The Hall–Kier alpha value is -1.88. The van der Waals surface area contributed by atoms with E-state index in [0.717, 1.165) is 36.3 Å². The van der Waals surface area contributed by atoms with Gasteiger partial charge in [-0.05, 0) is 49.3 Å². The van der Waals surface area contributed by atoms with Crippen molar-refractivity contribution in [1.29, 1.82) is 0 Å². The van der Waals surface area contributed by atoms with Crippen molar-refractivity contribution in [3.63, 3.8) is 0 Å². The summed E-state index contributed by atoms with van der Waals surface area (Å²) in [5.41, 5.74) is 2.86. The minimum absolute atomic E-state index is 0.00381. The molecule has 1 aliphatic heterocycles. The molecule has 1 unspecified atom stereocenters. The van der Waals surface area contributed by atoms with E-state index in [2.05, 4.69) is 5.32 Å². The number of nitrogens with zero attached hydrogens (tertiary/aromatic N) is 1. The molecule has 26 heavy (non-hydrogen) atoms. The SMILES string of the molecule is Cc1cccc(NC(=O)CN(CC2CCCO2)C(=O)CC(C)(C)C)c1C. The van der Waals surface area contributed by atoms with Crippen LogP contribution in [0.25, 0.3) is 0 Å². The van der Waals surface area contributed by atoms with Crippen molar-refractivity contribution in [2.75, 3.05) is 25.0 Å². The fourth-order valence-electron chi connectivity index (χ4n) is 3.10. The molecule has 0 spiro atoms. The maximum Gasteiger partial charge on any atom is 0.244 e. The number of nitrogens with one attached hydrogen (secondary N) is 1. The number of benzene rings is 1. The van der Waals surface area contributed by atoms with Crippen LogP contribution in [0.2, 0.25) is 0 Å². The lowest BCUT2D eigenvalue weighted by molar-refractivity contribution is -0.137. The first-order valence-electron chi connectivity index (χ1n) is 9.41. The summed E-state index contributed by atoms with van der Waals surface area (Å²) in [5.74, 6) is -0.164. The maximum absolute atomic E-state index is 12.7. The Bertz CT molecular complexity index is 643. The van der Waals surface area contributed by atoms with E-state index in [-0.39, 0.29) is 29.9 Å². The summed E-state index contributed by atoms with van der Waals surface area (Å²) in [5, 5.41) is 2.95. The van der Waals surface area contributed by atoms with E-state index in [0.29, 0.717) is 13.0 Å². The molecule has 1 saturated heterocycles. The zero-order chi connectivity index (χ0) is 19.3. The number of hydrogen-bond donors (Lipinski definition) is 1. The average Bonchev–Trinajstić information content (AvgIpc) is 3.02. The number of ether oxygens (including phenoxy) is 1. The minimum Gasteiger partial charge on any atom is -0.376 e. The molecular weight excluding hydrogens is 328 g/mol. The van der Waals surface area contributed by atoms with Crippen molar-refractivity contribution in [2.45, 2.75) is 60.0 Å². The topological polar surface area (TPSA) is 58.6 Å². The van der Waals surface area contributed by atoms with Gasteiger partial charge in [-0.25, -0.2) is 0 Å². The average molecular weight is 360 g/mol. The molecule has 0 radical (unpaired) electrons. The Labute approximate surface area is 157 Å². The highest BCUT2D eigenvalue weighted by Gasteiger charge is 2.27. The van der Waals surface area contributed by atoms with Crippen molar-refractivity contribution < 1.29 is 14.3 Å². The van der Waals surface area contributed by atoms with Crippen LogP contribution in [-0.4, -0.2) is 42.5 Å². The monoisotopic (exact) mass is 360 g/mol. The van der Waals surface area contributed by atoms with Gasteiger partial charge in [0.2, 0.25) is 11.8 Å². The Balaban J connectivity index is 2.05. The van der Waals surface area contributed by atoms with Crippen LogP contribution < -0.4 is 5.32 Å². The highest BCUT2D eigenvalue weighted by molar-refractivity contribution is 5.95. The van der Waals surface area contributed by atoms with Gasteiger partial charge in [-0.1, -0.05) is 32.9 Å². The van der Waals surface area contributed by atoms with E-state index in [1.165, 1.54) is 0 Å². The molecule has 0 bridgehead atoms. The molecule has 1 N–H and O–H groups in total. The van der Waals surface area contributed by atoms with Crippen molar-refractivity contribution in [3.8, 4) is 0 Å². The smallest absolute Gasteiger partial charge is 0.244 e. The van der Waals surface area contributed by atoms with Crippen LogP contribution in [0.15, 0.2) is 18.2 Å². The molecule has 1 aliphatic rings. The molecule has 0 aliphatic carbocycles. The van der Waals surface area contributed by atoms with Crippen LogP contribution in [0.3, 0.4) is 0 Å². The Kier molecular flexibility index (Phi) is 6.81. The number of anilines is 1. The molecule has 5 heteroatoms. The normalized spacial score (nSPS) is 17.2. The minimum atomic E-state index is -0.168. The highest BCUT2D eigenvalue weighted by atomic mass is 16.5. The van der Waals surface area contributed by atoms with Gasteiger partial charge in [0.1, 0.15) is 0 Å². The fraction of sp³-hybridized carbons (Fsp3) is 0.619. The first kappa shape index (κ1) is 20.4. The third-order valence-corrected chi connectivity index (χ3v) is 4.70. The van der Waals surface area contributed by atoms with Crippen LogP contribution >= 0.6 is 0 Å². The summed E-state index contributed by atoms with van der Waals surface area (Å²) >= 11 is 0. The summed E-state index contributed by atoms with van der Waals surface area (Å²) in [6.45, 7) is 11.4. The van der Waals surface area contributed by atoms with Gasteiger partial charge in [-0.15, -0.1) is 0 Å². The zero-order valence-corrected chi connectivity index (χ0v) is 16.7. The Morgan fingerprint density at radius 3 is 2.62 bits per heavy atom. The molecule has 1 aromatic rings. The van der Waals surface area contributed by atoms with Crippen LogP contribution in [-0.2, 0) is 14.3 Å². The van der Waals surface area contributed by atoms with E-state index >= 15 is 0 Å². The molecule has 1 aromatic carbocycles. The lowest BCUT2D eigenvalue weighted by atomic mass is 9.91. The predicted octanol–water partition coefficient (Wildman–Crippen LogP) is 3.69. The molecule has 5 nitrogen and oxygen atoms in total. The predicted molar refractivity (Wildman–Crippen MR) is 104 cm³/mol. The highest BCUT2D eigenvalue weighted by Crippen LogP contribution is 2.22. The van der Waals surface area contributed by atoms with Gasteiger partial charge in [0.15, 0.2) is 0 Å². The molecule has 0 aromatic heterocycles. The summed E-state index contributed by atoms with van der Waals surface area (Å²) in [7, 11) is 0. The zero-order valence-electron chi connectivity index (χ0n) is 16.7. The van der Waals surface area contributed by atoms with E-state index in [4.69, 9.17) is 4.74 Å². The fourth-order valence-corrected chi connectivity index (χ4v) is 3.10. The van der Waals surface area contributed by atoms with Gasteiger partial charge in [0.05, 0.1) is 12.6 Å². The molecule has 2 rings (SSSR count). The number of rotatable bonds is 6. The quantitative estimate of drug-likeness (QED) is 0.842. The van der Waals surface area contributed by atoms with Gasteiger partial charge < -0.3 is 15.0 Å². The summed E-state index contributed by atoms with van der Waals surface area (Å²) in [4.78, 5) is 27.0. The first-order chi connectivity index (χ1) is 12.2. The third-order valence-electron chi connectivity index (χ3n) is 4.70. The van der Waals surface area contributed by atoms with Crippen LogP contribution in [0.5, 0.6) is 0 Å². The Morgan fingerprint density at radius 2 is 2.00 bits per heavy atom. The van der Waals surface area contributed by atoms with Crippen LogP contribution in [0, 0.1) is 19.3 Å². The summed E-state index contributed by atoms with van der Waals surface area (Å²) in [6, 6.07) is 5.83. The summed E-state index contributed by atoms with van der Waals surface area (Å²) < 4.78 is 5.67. The summed E-state index contributed by atoms with van der Waals surface area (Å²) in [6.07, 6.45) is 2.40. The van der Waals surface area contributed by atoms with Gasteiger partial charge in [0, 0.05) is 25.3 Å². The van der Waals surface area contributed by atoms with Gasteiger partial charge in [-0.2, -0.15) is 0 Å². The van der Waals surface area contributed by atoms with E-state index in [1.807, 2.05) is 52.8 Å². The number of aryl methyl sites for hydroxylation is 1. The number of amides is 2.